The molecular weight excluding hydrogens is 292 g/mol. The number of furan rings is 1. The molecule has 0 aliphatic heterocycles. The summed E-state index contributed by atoms with van der Waals surface area (Å²) in [6.07, 6.45) is 5.80. The Labute approximate surface area is 133 Å². The van der Waals surface area contributed by atoms with Crippen LogP contribution in [0.3, 0.4) is 0 Å². The van der Waals surface area contributed by atoms with E-state index in [4.69, 9.17) is 14.9 Å². The summed E-state index contributed by atoms with van der Waals surface area (Å²) in [7, 11) is 1.71. The van der Waals surface area contributed by atoms with Gasteiger partial charge in [0.25, 0.3) is 5.56 Å². The van der Waals surface area contributed by atoms with Gasteiger partial charge in [-0.25, -0.2) is 0 Å². The first-order valence-electron chi connectivity index (χ1n) is 7.73. The largest absolute Gasteiger partial charge is 0.493 e. The molecule has 0 amide bonds. The molecule has 1 aromatic carbocycles. The van der Waals surface area contributed by atoms with Crippen molar-refractivity contribution in [2.45, 2.75) is 12.8 Å². The van der Waals surface area contributed by atoms with Crippen molar-refractivity contribution in [1.29, 1.82) is 0 Å². The van der Waals surface area contributed by atoms with Gasteiger partial charge >= 0.3 is 0 Å². The predicted molar refractivity (Wildman–Crippen MR) is 89.5 cm³/mol. The molecule has 0 spiro atoms. The Morgan fingerprint density at radius 1 is 1.30 bits per heavy atom. The molecule has 0 atom stereocenters. The van der Waals surface area contributed by atoms with Crippen LogP contribution in [0.2, 0.25) is 0 Å². The Hall–Kier alpha value is -2.69. The maximum absolute atomic E-state index is 12.2. The highest BCUT2D eigenvalue weighted by molar-refractivity contribution is 5.95. The number of fused-ring (bicyclic) bond motifs is 1. The number of nitrogens with two attached hydrogens (primary N) is 1. The van der Waals surface area contributed by atoms with E-state index in [9.17, 15) is 4.79 Å². The van der Waals surface area contributed by atoms with Crippen molar-refractivity contribution in [3.8, 4) is 16.9 Å². The number of nitrogens with zero attached hydrogens (tertiary/aromatic N) is 1. The first-order chi connectivity index (χ1) is 11.1. The molecule has 118 valence electrons. The number of hydrogen-bond acceptors (Lipinski definition) is 4. The zero-order valence-corrected chi connectivity index (χ0v) is 12.9. The van der Waals surface area contributed by atoms with Crippen LogP contribution in [-0.2, 0) is 7.05 Å². The van der Waals surface area contributed by atoms with Crippen LogP contribution >= 0.6 is 0 Å². The molecule has 0 saturated heterocycles. The van der Waals surface area contributed by atoms with Gasteiger partial charge in [0.05, 0.1) is 12.9 Å². The SMILES string of the molecule is Cn1cc(-c2cc(N)ccc2OCC2CC2)c2ccoc2c1=O. The van der Waals surface area contributed by atoms with Crippen molar-refractivity contribution in [3.05, 3.63) is 47.1 Å². The number of ether oxygens (including phenoxy) is 1. The van der Waals surface area contributed by atoms with Gasteiger partial charge in [-0.2, -0.15) is 0 Å². The molecule has 23 heavy (non-hydrogen) atoms. The molecular formula is C18H18N2O3. The highest BCUT2D eigenvalue weighted by Gasteiger charge is 2.23. The zero-order chi connectivity index (χ0) is 16.0. The van der Waals surface area contributed by atoms with Gasteiger partial charge in [0.2, 0.25) is 0 Å². The van der Waals surface area contributed by atoms with Crippen LogP contribution in [0.5, 0.6) is 5.75 Å². The van der Waals surface area contributed by atoms with Gasteiger partial charge < -0.3 is 19.5 Å². The second kappa shape index (κ2) is 5.19. The third kappa shape index (κ3) is 2.48. The van der Waals surface area contributed by atoms with Crippen molar-refractivity contribution in [1.82, 2.24) is 4.57 Å². The summed E-state index contributed by atoms with van der Waals surface area (Å²) in [5, 5.41) is 0.773. The number of aromatic nitrogens is 1. The average Bonchev–Trinajstić information content (AvgIpc) is 3.24. The molecule has 0 unspecified atom stereocenters. The lowest BCUT2D eigenvalue weighted by atomic mass is 10.0. The fraction of sp³-hybridized carbons (Fsp3) is 0.278. The number of nitrogen functional groups attached to an aromatic ring is 1. The Balaban J connectivity index is 1.89. The van der Waals surface area contributed by atoms with Crippen LogP contribution in [0.4, 0.5) is 5.69 Å². The Morgan fingerprint density at radius 3 is 2.91 bits per heavy atom. The molecule has 0 bridgehead atoms. The van der Waals surface area contributed by atoms with Crippen LogP contribution < -0.4 is 16.0 Å². The molecule has 5 nitrogen and oxygen atoms in total. The third-order valence-electron chi connectivity index (χ3n) is 4.26. The van der Waals surface area contributed by atoms with Gasteiger partial charge in [0, 0.05) is 35.4 Å². The molecule has 2 N–H and O–H groups in total. The summed E-state index contributed by atoms with van der Waals surface area (Å²) >= 11 is 0. The third-order valence-corrected chi connectivity index (χ3v) is 4.26. The zero-order valence-electron chi connectivity index (χ0n) is 12.9. The molecule has 1 saturated carbocycles. The highest BCUT2D eigenvalue weighted by Crippen LogP contribution is 2.37. The summed E-state index contributed by atoms with van der Waals surface area (Å²) in [4.78, 5) is 12.2. The second-order valence-electron chi connectivity index (χ2n) is 6.13. The van der Waals surface area contributed by atoms with Crippen molar-refractivity contribution in [3.63, 3.8) is 0 Å². The quantitative estimate of drug-likeness (QED) is 0.751. The highest BCUT2D eigenvalue weighted by atomic mass is 16.5. The summed E-state index contributed by atoms with van der Waals surface area (Å²) in [6.45, 7) is 0.719. The number of aryl methyl sites for hydroxylation is 1. The van der Waals surface area contributed by atoms with Gasteiger partial charge in [0.1, 0.15) is 5.75 Å². The van der Waals surface area contributed by atoms with Crippen LogP contribution in [0.15, 0.2) is 45.9 Å². The van der Waals surface area contributed by atoms with Crippen molar-refractivity contribution in [2.75, 3.05) is 12.3 Å². The van der Waals surface area contributed by atoms with Gasteiger partial charge in [-0.3, -0.25) is 4.79 Å². The number of rotatable bonds is 4. The van der Waals surface area contributed by atoms with Gasteiger partial charge in [-0.1, -0.05) is 0 Å². The van der Waals surface area contributed by atoms with Crippen molar-refractivity contribution >= 4 is 16.7 Å². The minimum Gasteiger partial charge on any atom is -0.493 e. The summed E-state index contributed by atoms with van der Waals surface area (Å²) < 4.78 is 12.9. The van der Waals surface area contributed by atoms with E-state index >= 15 is 0 Å². The average molecular weight is 310 g/mol. The minimum absolute atomic E-state index is 0.155. The van der Waals surface area contributed by atoms with Crippen LogP contribution in [0.25, 0.3) is 22.1 Å². The first-order valence-corrected chi connectivity index (χ1v) is 7.73. The molecule has 5 heteroatoms. The lowest BCUT2D eigenvalue weighted by molar-refractivity contribution is 0.301. The topological polar surface area (TPSA) is 70.4 Å². The lowest BCUT2D eigenvalue weighted by Gasteiger charge is -2.14. The summed E-state index contributed by atoms with van der Waals surface area (Å²) in [6, 6.07) is 7.42. The monoisotopic (exact) mass is 310 g/mol. The van der Waals surface area contributed by atoms with E-state index in [1.54, 1.807) is 19.3 Å². The maximum Gasteiger partial charge on any atom is 0.293 e. The van der Waals surface area contributed by atoms with E-state index in [1.807, 2.05) is 18.2 Å². The van der Waals surface area contributed by atoms with E-state index in [0.717, 1.165) is 28.9 Å². The lowest BCUT2D eigenvalue weighted by Crippen LogP contribution is -2.15. The normalized spacial score (nSPS) is 14.3. The van der Waals surface area contributed by atoms with Crippen LogP contribution in [-0.4, -0.2) is 11.2 Å². The molecule has 2 heterocycles. The molecule has 1 fully saturated rings. The number of anilines is 1. The first kappa shape index (κ1) is 13.9. The summed E-state index contributed by atoms with van der Waals surface area (Å²) in [5.41, 5.74) is 8.59. The van der Waals surface area contributed by atoms with E-state index in [-0.39, 0.29) is 5.56 Å². The summed E-state index contributed by atoms with van der Waals surface area (Å²) in [5.74, 6) is 1.45. The smallest absolute Gasteiger partial charge is 0.293 e. The molecule has 2 aromatic heterocycles. The van der Waals surface area contributed by atoms with Gasteiger partial charge in [-0.05, 0) is 43.0 Å². The fourth-order valence-corrected chi connectivity index (χ4v) is 2.76. The number of pyridine rings is 1. The maximum atomic E-state index is 12.2. The Bertz CT molecular complexity index is 935. The number of hydrogen-bond donors (Lipinski definition) is 1. The van der Waals surface area contributed by atoms with E-state index < -0.39 is 0 Å². The van der Waals surface area contributed by atoms with Gasteiger partial charge in [-0.15, -0.1) is 0 Å². The van der Waals surface area contributed by atoms with E-state index in [1.165, 1.54) is 23.7 Å². The van der Waals surface area contributed by atoms with Gasteiger partial charge in [0.15, 0.2) is 5.58 Å². The minimum atomic E-state index is -0.155. The van der Waals surface area contributed by atoms with Crippen molar-refractivity contribution < 1.29 is 9.15 Å². The molecule has 1 aliphatic rings. The standard InChI is InChI=1S/C18H18N2O3/c1-20-9-15(13-6-7-22-17(13)18(20)21)14-8-12(19)4-5-16(14)23-10-11-2-3-11/h4-9,11H,2-3,10,19H2,1H3. The van der Waals surface area contributed by atoms with Crippen molar-refractivity contribution in [2.24, 2.45) is 13.0 Å². The fourth-order valence-electron chi connectivity index (χ4n) is 2.76. The molecule has 3 aromatic rings. The Morgan fingerprint density at radius 2 is 2.13 bits per heavy atom. The van der Waals surface area contributed by atoms with E-state index in [0.29, 0.717) is 17.2 Å². The van der Waals surface area contributed by atoms with Crippen LogP contribution in [0.1, 0.15) is 12.8 Å². The number of benzene rings is 1. The van der Waals surface area contributed by atoms with E-state index in [2.05, 4.69) is 0 Å². The second-order valence-corrected chi connectivity index (χ2v) is 6.13. The van der Waals surface area contributed by atoms with Crippen LogP contribution in [0, 0.1) is 5.92 Å². The Kier molecular flexibility index (Phi) is 3.15. The predicted octanol–water partition coefficient (Wildman–Crippen LogP) is 3.17. The molecule has 1 aliphatic carbocycles. The molecule has 4 rings (SSSR count). The molecule has 0 radical (unpaired) electrons.